The molecule has 190 valence electrons. The topological polar surface area (TPSA) is 68.0 Å². The maximum Gasteiger partial charge on any atom is 0.251 e. The predicted molar refractivity (Wildman–Crippen MR) is 143 cm³/mol. The van der Waals surface area contributed by atoms with E-state index in [0.717, 1.165) is 66.1 Å². The molecule has 2 amide bonds. The fourth-order valence-electron chi connectivity index (χ4n) is 5.33. The van der Waals surface area contributed by atoms with E-state index in [2.05, 4.69) is 35.2 Å². The van der Waals surface area contributed by atoms with Gasteiger partial charge in [0.05, 0.1) is 0 Å². The predicted octanol–water partition coefficient (Wildman–Crippen LogP) is 3.83. The zero-order valence-corrected chi connectivity index (χ0v) is 21.2. The molecule has 7 heteroatoms. The first-order valence-electron chi connectivity index (χ1n) is 12.9. The Hall–Kier alpha value is -3.97. The van der Waals surface area contributed by atoms with Crippen molar-refractivity contribution in [2.45, 2.75) is 38.8 Å². The number of anilines is 2. The van der Waals surface area contributed by atoms with Crippen LogP contribution in [0.3, 0.4) is 0 Å². The number of likely N-dealkylation sites (tertiary alicyclic amines) is 1. The van der Waals surface area contributed by atoms with Crippen LogP contribution in [0, 0.1) is 0 Å². The summed E-state index contributed by atoms with van der Waals surface area (Å²) in [6, 6.07) is 20.1. The number of amides is 2. The number of carbonyl (C=O) groups is 2. The number of carbonyl (C=O) groups excluding carboxylic acids is 2. The van der Waals surface area contributed by atoms with Crippen LogP contribution in [0.15, 0.2) is 79.1 Å². The van der Waals surface area contributed by atoms with Gasteiger partial charge < -0.3 is 9.80 Å². The maximum atomic E-state index is 13.7. The Morgan fingerprint density at radius 3 is 2.46 bits per heavy atom. The van der Waals surface area contributed by atoms with Gasteiger partial charge in [-0.3, -0.25) is 19.7 Å². The highest BCUT2D eigenvalue weighted by Crippen LogP contribution is 2.34. The average Bonchev–Trinajstić information content (AvgIpc) is 3.34. The summed E-state index contributed by atoms with van der Waals surface area (Å²) >= 11 is 0. The highest BCUT2D eigenvalue weighted by atomic mass is 16.5. The largest absolute Gasteiger partial charge is 0.312 e. The molecule has 2 aliphatic heterocycles. The summed E-state index contributed by atoms with van der Waals surface area (Å²) in [6.07, 6.45) is 9.01. The van der Waals surface area contributed by atoms with Gasteiger partial charge in [-0.2, -0.15) is 0 Å². The van der Waals surface area contributed by atoms with E-state index in [1.807, 2.05) is 23.1 Å². The van der Waals surface area contributed by atoms with Crippen molar-refractivity contribution < 1.29 is 19.5 Å². The number of benzene rings is 2. The number of piperidine rings is 1. The third kappa shape index (κ3) is 5.73. The quantitative estimate of drug-likeness (QED) is 0.319. The summed E-state index contributed by atoms with van der Waals surface area (Å²) in [5, 5.41) is 9.48. The van der Waals surface area contributed by atoms with Crippen molar-refractivity contribution in [3.8, 4) is 0 Å². The van der Waals surface area contributed by atoms with E-state index in [0.29, 0.717) is 6.54 Å². The standard InChI is InChI=1S/C30H33N4O3/c1-23(35)33-20-13-26-8-9-28(21-29(26)33)34(30(36)10-7-24-11-18-32(37)19-12-24)27-14-16-31(17-15-27)22-25-5-3-2-4-6-25/h2-12,18-19,21,27,37H,13-17,20,22H2,1H3/q+1. The fourth-order valence-corrected chi connectivity index (χ4v) is 5.33. The van der Waals surface area contributed by atoms with Crippen molar-refractivity contribution in [3.63, 3.8) is 0 Å². The van der Waals surface area contributed by atoms with Gasteiger partial charge in [-0.1, -0.05) is 36.4 Å². The Kier molecular flexibility index (Phi) is 7.32. The SMILES string of the molecule is CC(=O)N1CCc2ccc(N(C(=O)C=Cc3cc[n+](O)cc3)C3CCN(Cc4ccccc4)CC3)cc21. The Labute approximate surface area is 217 Å². The van der Waals surface area contributed by atoms with Crippen LogP contribution < -0.4 is 14.5 Å². The van der Waals surface area contributed by atoms with Crippen LogP contribution in [0.2, 0.25) is 0 Å². The maximum absolute atomic E-state index is 13.7. The van der Waals surface area contributed by atoms with E-state index in [9.17, 15) is 14.8 Å². The zero-order valence-electron chi connectivity index (χ0n) is 21.2. The first kappa shape index (κ1) is 24.7. The molecule has 1 aromatic heterocycles. The van der Waals surface area contributed by atoms with Crippen LogP contribution in [-0.4, -0.2) is 47.6 Å². The second kappa shape index (κ2) is 11.0. The minimum Gasteiger partial charge on any atom is -0.312 e. The van der Waals surface area contributed by atoms with Crippen molar-refractivity contribution in [1.82, 2.24) is 4.90 Å². The number of fused-ring (bicyclic) bond motifs is 1. The van der Waals surface area contributed by atoms with Crippen molar-refractivity contribution in [3.05, 3.63) is 95.8 Å². The van der Waals surface area contributed by atoms with Gasteiger partial charge in [0, 0.05) is 73.5 Å². The summed E-state index contributed by atoms with van der Waals surface area (Å²) in [5.41, 5.74) is 4.99. The first-order valence-corrected chi connectivity index (χ1v) is 12.9. The van der Waals surface area contributed by atoms with Crippen LogP contribution in [0.5, 0.6) is 0 Å². The third-order valence-corrected chi connectivity index (χ3v) is 7.29. The lowest BCUT2D eigenvalue weighted by atomic mass is 10.0. The van der Waals surface area contributed by atoms with E-state index in [1.54, 1.807) is 36.1 Å². The molecule has 0 atom stereocenters. The number of rotatable bonds is 6. The number of pyridine rings is 1. The van der Waals surface area contributed by atoms with Crippen molar-refractivity contribution in [1.29, 1.82) is 0 Å². The molecule has 7 nitrogen and oxygen atoms in total. The number of aromatic nitrogens is 1. The molecule has 0 radical (unpaired) electrons. The van der Waals surface area contributed by atoms with Gasteiger partial charge >= 0.3 is 0 Å². The zero-order chi connectivity index (χ0) is 25.8. The molecule has 0 spiro atoms. The second-order valence-electron chi connectivity index (χ2n) is 9.78. The summed E-state index contributed by atoms with van der Waals surface area (Å²) in [6.45, 7) is 5.00. The lowest BCUT2D eigenvalue weighted by Crippen LogP contribution is -2.47. The summed E-state index contributed by atoms with van der Waals surface area (Å²) in [7, 11) is 0. The van der Waals surface area contributed by atoms with Crippen LogP contribution >= 0.6 is 0 Å². The van der Waals surface area contributed by atoms with Gasteiger partial charge in [0.25, 0.3) is 5.91 Å². The third-order valence-electron chi connectivity index (χ3n) is 7.29. The van der Waals surface area contributed by atoms with Gasteiger partial charge in [0.1, 0.15) is 0 Å². The Morgan fingerprint density at radius 2 is 1.76 bits per heavy atom. The molecule has 2 aromatic carbocycles. The van der Waals surface area contributed by atoms with Crippen molar-refractivity contribution in [2.24, 2.45) is 0 Å². The van der Waals surface area contributed by atoms with E-state index < -0.39 is 0 Å². The molecule has 3 heterocycles. The van der Waals surface area contributed by atoms with Crippen molar-refractivity contribution >= 4 is 29.3 Å². The molecule has 1 saturated heterocycles. The van der Waals surface area contributed by atoms with Crippen LogP contribution in [0.1, 0.15) is 36.5 Å². The van der Waals surface area contributed by atoms with Crippen molar-refractivity contribution in [2.75, 3.05) is 29.4 Å². The van der Waals surface area contributed by atoms with Crippen LogP contribution in [0.4, 0.5) is 11.4 Å². The smallest absolute Gasteiger partial charge is 0.251 e. The Bertz CT molecular complexity index is 1280. The van der Waals surface area contributed by atoms with Gasteiger partial charge in [-0.05, 0) is 54.2 Å². The molecular formula is C30H33N4O3+. The molecule has 1 fully saturated rings. The van der Waals surface area contributed by atoms with Crippen LogP contribution in [0.25, 0.3) is 6.08 Å². The Morgan fingerprint density at radius 1 is 1.03 bits per heavy atom. The van der Waals surface area contributed by atoms with Gasteiger partial charge in [-0.25, -0.2) is 0 Å². The second-order valence-corrected chi connectivity index (χ2v) is 9.78. The number of hydrogen-bond donors (Lipinski definition) is 1. The number of hydrogen-bond acceptors (Lipinski definition) is 4. The molecule has 0 saturated carbocycles. The lowest BCUT2D eigenvalue weighted by Gasteiger charge is -2.38. The fraction of sp³-hybridized carbons (Fsp3) is 0.300. The average molecular weight is 498 g/mol. The minimum absolute atomic E-state index is 0.0214. The Balaban J connectivity index is 1.38. The molecule has 3 aromatic rings. The molecule has 0 bridgehead atoms. The van der Waals surface area contributed by atoms with E-state index in [-0.39, 0.29) is 17.9 Å². The van der Waals surface area contributed by atoms with E-state index >= 15 is 0 Å². The molecule has 1 N–H and O–H groups in total. The summed E-state index contributed by atoms with van der Waals surface area (Å²) in [5.74, 6) is -0.0670. The van der Waals surface area contributed by atoms with Gasteiger partial charge in [-0.15, -0.1) is 0 Å². The molecule has 0 aliphatic carbocycles. The molecule has 5 rings (SSSR count). The van der Waals surface area contributed by atoms with Gasteiger partial charge in [0.15, 0.2) is 0 Å². The monoisotopic (exact) mass is 497 g/mol. The number of nitrogens with zero attached hydrogens (tertiary/aromatic N) is 4. The highest BCUT2D eigenvalue weighted by molar-refractivity contribution is 6.05. The lowest BCUT2D eigenvalue weighted by molar-refractivity contribution is -0.904. The minimum atomic E-state index is -0.0884. The van der Waals surface area contributed by atoms with Crippen LogP contribution in [-0.2, 0) is 22.6 Å². The molecule has 0 unspecified atom stereocenters. The van der Waals surface area contributed by atoms with E-state index in [1.165, 1.54) is 18.0 Å². The van der Waals surface area contributed by atoms with Gasteiger partial charge in [0.2, 0.25) is 18.3 Å². The molecule has 2 aliphatic rings. The normalized spacial score (nSPS) is 16.2. The summed E-state index contributed by atoms with van der Waals surface area (Å²) in [4.78, 5) is 32.0. The molecule has 37 heavy (non-hydrogen) atoms. The molecular weight excluding hydrogens is 464 g/mol. The van der Waals surface area contributed by atoms with E-state index in [4.69, 9.17) is 0 Å². The summed E-state index contributed by atoms with van der Waals surface area (Å²) < 4.78 is 0.972. The highest BCUT2D eigenvalue weighted by Gasteiger charge is 2.30. The first-order chi connectivity index (χ1) is 18.0.